The van der Waals surface area contributed by atoms with Crippen LogP contribution >= 0.6 is 0 Å². The van der Waals surface area contributed by atoms with Crippen molar-refractivity contribution in [3.05, 3.63) is 107 Å². The molecule has 0 aliphatic carbocycles. The predicted octanol–water partition coefficient (Wildman–Crippen LogP) is 6.80. The van der Waals surface area contributed by atoms with Crippen molar-refractivity contribution in [2.75, 3.05) is 6.61 Å². The van der Waals surface area contributed by atoms with Crippen LogP contribution in [0.1, 0.15) is 47.7 Å². The zero-order valence-electron chi connectivity index (χ0n) is 20.7. The average molecular weight is 551 g/mol. The summed E-state index contributed by atoms with van der Waals surface area (Å²) in [5, 5.41) is 0. The molecule has 0 radical (unpaired) electrons. The first-order chi connectivity index (χ1) is 18.3. The van der Waals surface area contributed by atoms with Crippen LogP contribution in [0.5, 0.6) is 0 Å². The minimum Gasteiger partial charge on any atom is -0.462 e. The predicted molar refractivity (Wildman–Crippen MR) is 130 cm³/mol. The van der Waals surface area contributed by atoms with Gasteiger partial charge in [0.15, 0.2) is 6.10 Å². The lowest BCUT2D eigenvalue weighted by Gasteiger charge is -2.25. The van der Waals surface area contributed by atoms with E-state index >= 15 is 0 Å². The molecular weight excluding hydrogens is 528 g/mol. The van der Waals surface area contributed by atoms with Crippen molar-refractivity contribution in [1.82, 2.24) is 0 Å². The number of ether oxygens (including phenoxy) is 2. The van der Waals surface area contributed by atoms with Gasteiger partial charge in [-0.2, -0.15) is 26.3 Å². The summed E-state index contributed by atoms with van der Waals surface area (Å²) < 4.78 is 91.6. The van der Waals surface area contributed by atoms with Gasteiger partial charge in [0.25, 0.3) is 0 Å². The van der Waals surface area contributed by atoms with E-state index in [-0.39, 0.29) is 16.8 Å². The number of carbonyl (C=O) groups is 2. The minimum atomic E-state index is -4.73. The molecule has 0 unspecified atom stereocenters. The quantitative estimate of drug-likeness (QED) is 0.176. The van der Waals surface area contributed by atoms with Gasteiger partial charge in [-0.1, -0.05) is 54.6 Å². The molecule has 0 heterocycles. The molecule has 3 rings (SSSR count). The summed E-state index contributed by atoms with van der Waals surface area (Å²) >= 11 is 0. The summed E-state index contributed by atoms with van der Waals surface area (Å²) in [6.07, 6.45) is -10.7. The molecule has 11 heteroatoms. The van der Waals surface area contributed by atoms with E-state index in [1.807, 2.05) is 0 Å². The molecule has 0 amide bonds. The van der Waals surface area contributed by atoms with Gasteiger partial charge in [-0.3, -0.25) is 14.6 Å². The second kappa shape index (κ2) is 12.1. The van der Waals surface area contributed by atoms with Gasteiger partial charge in [-0.05, 0) is 29.8 Å². The van der Waals surface area contributed by atoms with E-state index in [1.165, 1.54) is 12.1 Å². The summed E-state index contributed by atoms with van der Waals surface area (Å²) in [6, 6.07) is 14.9. The summed E-state index contributed by atoms with van der Waals surface area (Å²) in [6.45, 7) is 1.77. The zero-order chi connectivity index (χ0) is 28.8. The van der Waals surface area contributed by atoms with E-state index in [9.17, 15) is 35.9 Å². The van der Waals surface area contributed by atoms with Gasteiger partial charge in [0.1, 0.15) is 12.6 Å². The maximum Gasteiger partial charge on any atom is 0.416 e. The highest BCUT2D eigenvalue weighted by atomic mass is 19.4. The van der Waals surface area contributed by atoms with E-state index in [0.29, 0.717) is 5.56 Å². The molecule has 0 saturated carbocycles. The largest absolute Gasteiger partial charge is 0.462 e. The van der Waals surface area contributed by atoms with E-state index in [0.717, 1.165) is 50.2 Å². The summed E-state index contributed by atoms with van der Waals surface area (Å²) in [7, 11) is 0. The van der Waals surface area contributed by atoms with Gasteiger partial charge in [-0.15, -0.1) is 0 Å². The highest BCUT2D eigenvalue weighted by Crippen LogP contribution is 2.34. The van der Waals surface area contributed by atoms with Gasteiger partial charge >= 0.3 is 24.3 Å². The number of halogens is 6. The van der Waals surface area contributed by atoms with Crippen LogP contribution in [0.4, 0.5) is 26.3 Å². The molecule has 206 valence electrons. The number of carbonyl (C=O) groups excluding carboxylic acids is 2. The topological polar surface area (TPSA) is 65.0 Å². The Labute approximate surface area is 220 Å². The third kappa shape index (κ3) is 8.17. The Balaban J connectivity index is 2.31. The van der Waals surface area contributed by atoms with Gasteiger partial charge in [0.05, 0.1) is 16.8 Å². The third-order valence-electron chi connectivity index (χ3n) is 5.46. The van der Waals surface area contributed by atoms with Crippen LogP contribution < -0.4 is 0 Å². The van der Waals surface area contributed by atoms with Gasteiger partial charge < -0.3 is 9.47 Å². The van der Waals surface area contributed by atoms with Crippen LogP contribution in [0.25, 0.3) is 0 Å². The highest BCUT2D eigenvalue weighted by molar-refractivity contribution is 6.13. The standard InChI is InChI=1S/C28H23F6NO4/c1-17(36)38-16-24(39-18(2)37)26(19-8-4-3-5-9-19)35-25(20-10-6-12-22(14-20)27(29,30)31)21-11-7-13-23(15-21)28(32,33)34/h3-15,24,26H,16H2,1-2H3/t24-,26+/m1/s1. The minimum absolute atomic E-state index is 0.126. The van der Waals surface area contributed by atoms with Crippen LogP contribution in [-0.4, -0.2) is 30.4 Å². The lowest BCUT2D eigenvalue weighted by molar-refractivity contribution is -0.157. The molecule has 5 nitrogen and oxygen atoms in total. The van der Waals surface area contributed by atoms with Crippen molar-refractivity contribution in [3.63, 3.8) is 0 Å². The Morgan fingerprint density at radius 3 is 1.69 bits per heavy atom. The molecule has 0 spiro atoms. The molecule has 0 bridgehead atoms. The first-order valence-corrected chi connectivity index (χ1v) is 11.5. The fraction of sp³-hybridized carbons (Fsp3) is 0.250. The number of aliphatic imine (C=N–C) groups is 1. The van der Waals surface area contributed by atoms with Gasteiger partial charge in [-0.25, -0.2) is 0 Å². The van der Waals surface area contributed by atoms with Crippen LogP contribution in [0.15, 0.2) is 83.9 Å². The Bertz CT molecular complexity index is 1280. The maximum absolute atomic E-state index is 13.5. The van der Waals surface area contributed by atoms with Crippen LogP contribution in [0, 0.1) is 0 Å². The zero-order valence-corrected chi connectivity index (χ0v) is 20.7. The molecule has 3 aromatic rings. The number of hydrogen-bond donors (Lipinski definition) is 0. The Kier molecular flexibility index (Phi) is 9.15. The second-order valence-electron chi connectivity index (χ2n) is 8.44. The smallest absolute Gasteiger partial charge is 0.416 e. The van der Waals surface area contributed by atoms with Crippen LogP contribution in [-0.2, 0) is 31.4 Å². The highest BCUT2D eigenvalue weighted by Gasteiger charge is 2.33. The van der Waals surface area contributed by atoms with Gasteiger partial charge in [0.2, 0.25) is 0 Å². The van der Waals surface area contributed by atoms with Crippen molar-refractivity contribution in [2.24, 2.45) is 4.99 Å². The van der Waals surface area contributed by atoms with E-state index in [1.54, 1.807) is 30.3 Å². The van der Waals surface area contributed by atoms with Crippen molar-refractivity contribution < 1.29 is 45.4 Å². The molecule has 0 aromatic heterocycles. The molecule has 2 atom stereocenters. The summed E-state index contributed by atoms with van der Waals surface area (Å²) in [5.74, 6) is -1.46. The number of nitrogens with zero attached hydrogens (tertiary/aromatic N) is 1. The van der Waals surface area contributed by atoms with Gasteiger partial charge in [0, 0.05) is 25.0 Å². The van der Waals surface area contributed by atoms with Crippen molar-refractivity contribution in [3.8, 4) is 0 Å². The first-order valence-electron chi connectivity index (χ1n) is 11.5. The fourth-order valence-corrected chi connectivity index (χ4v) is 3.77. The number of alkyl halides is 6. The summed E-state index contributed by atoms with van der Waals surface area (Å²) in [4.78, 5) is 28.0. The number of benzene rings is 3. The third-order valence-corrected chi connectivity index (χ3v) is 5.46. The lowest BCUT2D eigenvalue weighted by Crippen LogP contribution is -2.30. The lowest BCUT2D eigenvalue weighted by atomic mass is 9.96. The Morgan fingerprint density at radius 1 is 0.744 bits per heavy atom. The average Bonchev–Trinajstić information content (AvgIpc) is 2.87. The SMILES string of the molecule is CC(=O)OC[C@@H](OC(C)=O)[C@@H](N=C(c1cccc(C(F)(F)F)c1)c1cccc(C(F)(F)F)c1)c1ccccc1. The molecule has 3 aromatic carbocycles. The number of esters is 2. The molecule has 0 N–H and O–H groups in total. The second-order valence-corrected chi connectivity index (χ2v) is 8.44. The van der Waals surface area contributed by atoms with Crippen molar-refractivity contribution in [2.45, 2.75) is 38.3 Å². The van der Waals surface area contributed by atoms with Crippen molar-refractivity contribution >= 4 is 17.7 Å². The molecule has 0 aliphatic rings. The van der Waals surface area contributed by atoms with E-state index in [2.05, 4.69) is 4.99 Å². The fourth-order valence-electron chi connectivity index (χ4n) is 3.77. The van der Waals surface area contributed by atoms with Crippen LogP contribution in [0.3, 0.4) is 0 Å². The monoisotopic (exact) mass is 551 g/mol. The first kappa shape index (κ1) is 29.4. The van der Waals surface area contributed by atoms with Crippen LogP contribution in [0.2, 0.25) is 0 Å². The number of rotatable bonds is 8. The molecule has 39 heavy (non-hydrogen) atoms. The number of hydrogen-bond acceptors (Lipinski definition) is 5. The molecule has 0 aliphatic heterocycles. The Hall–Kier alpha value is -4.15. The van der Waals surface area contributed by atoms with E-state index in [4.69, 9.17) is 9.47 Å². The molecule has 0 fully saturated rings. The summed E-state index contributed by atoms with van der Waals surface area (Å²) in [5.41, 5.74) is -2.13. The Morgan fingerprint density at radius 2 is 1.26 bits per heavy atom. The normalized spacial score (nSPS) is 13.2. The maximum atomic E-state index is 13.5. The molecular formula is C28H23F6NO4. The molecule has 0 saturated heterocycles. The van der Waals surface area contributed by atoms with E-state index < -0.39 is 54.2 Å². The van der Waals surface area contributed by atoms with Crippen molar-refractivity contribution in [1.29, 1.82) is 0 Å².